The first kappa shape index (κ1) is 26.2. The van der Waals surface area contributed by atoms with Gasteiger partial charge in [-0.05, 0) is 57.9 Å². The van der Waals surface area contributed by atoms with Crippen molar-refractivity contribution in [3.63, 3.8) is 0 Å². The molecule has 0 radical (unpaired) electrons. The number of halogens is 3. The van der Waals surface area contributed by atoms with Crippen LogP contribution in [0.15, 0.2) is 53.9 Å². The Bertz CT molecular complexity index is 1110. The van der Waals surface area contributed by atoms with Crippen molar-refractivity contribution < 1.29 is 22.7 Å². The van der Waals surface area contributed by atoms with Gasteiger partial charge in [-0.1, -0.05) is 18.6 Å². The van der Waals surface area contributed by atoms with Crippen molar-refractivity contribution in [2.24, 2.45) is 0 Å². The number of aromatic nitrogens is 2. The molecular weight excluding hydrogens is 457 g/mol. The molecule has 1 aliphatic rings. The first-order chi connectivity index (χ1) is 16.6. The Morgan fingerprint density at radius 2 is 1.94 bits per heavy atom. The molecule has 0 saturated heterocycles. The summed E-state index contributed by atoms with van der Waals surface area (Å²) < 4.78 is 44.4. The van der Waals surface area contributed by atoms with Crippen molar-refractivity contribution in [2.45, 2.75) is 59.4 Å². The fraction of sp³-hybridized carbons (Fsp3) is 0.423. The maximum atomic E-state index is 13.8. The topological polar surface area (TPSA) is 67.3 Å². The second-order valence-corrected chi connectivity index (χ2v) is 8.57. The molecule has 3 rings (SSSR count). The van der Waals surface area contributed by atoms with Crippen LogP contribution in [-0.4, -0.2) is 46.0 Å². The molecule has 2 aromatic heterocycles. The molecule has 0 bridgehead atoms. The lowest BCUT2D eigenvalue weighted by molar-refractivity contribution is -0.138. The van der Waals surface area contributed by atoms with Crippen LogP contribution in [0.5, 0.6) is 5.88 Å². The molecule has 1 amide bonds. The highest BCUT2D eigenvalue weighted by Gasteiger charge is 2.33. The van der Waals surface area contributed by atoms with Crippen LogP contribution in [0.2, 0.25) is 0 Å². The largest absolute Gasteiger partial charge is 0.472 e. The quantitative estimate of drug-likeness (QED) is 0.556. The van der Waals surface area contributed by atoms with Crippen molar-refractivity contribution in [1.82, 2.24) is 20.2 Å². The van der Waals surface area contributed by atoms with Crippen LogP contribution in [0.25, 0.3) is 5.70 Å². The molecule has 2 atom stereocenters. The summed E-state index contributed by atoms with van der Waals surface area (Å²) in [6.45, 7) is 10.6. The second kappa shape index (κ2) is 10.9. The van der Waals surface area contributed by atoms with Crippen molar-refractivity contribution in [3.8, 4) is 5.88 Å². The molecule has 2 aromatic rings. The summed E-state index contributed by atoms with van der Waals surface area (Å²) in [5, 5.41) is 3.35. The van der Waals surface area contributed by atoms with Gasteiger partial charge in [0.05, 0.1) is 28.6 Å². The van der Waals surface area contributed by atoms with Gasteiger partial charge in [-0.25, -0.2) is 4.98 Å². The second-order valence-electron chi connectivity index (χ2n) is 8.57. The molecule has 2 unspecified atom stereocenters. The number of carbonyl (C=O) groups is 1. The SMILES string of the molecule is CCC(C(C)Oc1ccc(C(F)(F)F)cn1)N(CC)C(=O)C1=C(c2ncccc2C)NCC(C)=C1. The number of hydrogen-bond donors (Lipinski definition) is 1. The van der Waals surface area contributed by atoms with Crippen LogP contribution in [0, 0.1) is 6.92 Å². The van der Waals surface area contributed by atoms with E-state index in [0.29, 0.717) is 30.8 Å². The summed E-state index contributed by atoms with van der Waals surface area (Å²) in [5.74, 6) is -0.0895. The molecule has 3 heterocycles. The van der Waals surface area contributed by atoms with Gasteiger partial charge in [-0.2, -0.15) is 13.2 Å². The highest BCUT2D eigenvalue weighted by Crippen LogP contribution is 2.30. The van der Waals surface area contributed by atoms with Crippen molar-refractivity contribution >= 4 is 11.6 Å². The van der Waals surface area contributed by atoms with Crippen LogP contribution < -0.4 is 10.1 Å². The standard InChI is InChI=1S/C26H31F3N4O2/c1-6-21(18(5)35-22-11-10-19(15-31-22)26(27,28)29)33(7-2)25(34)20-13-16(3)14-32-24(20)23-17(4)9-8-12-30-23/h8-13,15,18,21,32H,6-7,14H2,1-5H3. The van der Waals surface area contributed by atoms with Gasteiger partial charge in [0.2, 0.25) is 5.88 Å². The number of aryl methyl sites for hydroxylation is 1. The zero-order valence-corrected chi connectivity index (χ0v) is 20.6. The third-order valence-electron chi connectivity index (χ3n) is 6.01. The lowest BCUT2D eigenvalue weighted by atomic mass is 9.98. The molecular formula is C26H31F3N4O2. The smallest absolute Gasteiger partial charge is 0.417 e. The Morgan fingerprint density at radius 1 is 1.20 bits per heavy atom. The van der Waals surface area contributed by atoms with E-state index in [1.54, 1.807) is 18.0 Å². The number of ether oxygens (including phenoxy) is 1. The number of rotatable bonds is 8. The van der Waals surface area contributed by atoms with Gasteiger partial charge in [0, 0.05) is 31.5 Å². The van der Waals surface area contributed by atoms with Crippen molar-refractivity contribution in [1.29, 1.82) is 0 Å². The fourth-order valence-corrected chi connectivity index (χ4v) is 4.20. The van der Waals surface area contributed by atoms with Crippen molar-refractivity contribution in [3.05, 3.63) is 70.7 Å². The fourth-order valence-electron chi connectivity index (χ4n) is 4.20. The third kappa shape index (κ3) is 6.01. The van der Waals surface area contributed by atoms with E-state index < -0.39 is 17.8 Å². The lowest BCUT2D eigenvalue weighted by Gasteiger charge is -2.35. The van der Waals surface area contributed by atoms with Gasteiger partial charge in [0.15, 0.2) is 0 Å². The summed E-state index contributed by atoms with van der Waals surface area (Å²) in [6.07, 6.45) is -0.0480. The lowest BCUT2D eigenvalue weighted by Crippen LogP contribution is -2.48. The number of alkyl halides is 3. The highest BCUT2D eigenvalue weighted by molar-refractivity contribution is 6.04. The molecule has 6 nitrogen and oxygen atoms in total. The Kier molecular flexibility index (Phi) is 8.19. The zero-order valence-electron chi connectivity index (χ0n) is 20.6. The minimum Gasteiger partial charge on any atom is -0.472 e. The van der Waals surface area contributed by atoms with E-state index in [4.69, 9.17) is 4.74 Å². The minimum absolute atomic E-state index is 0.0755. The number of nitrogens with zero attached hydrogens (tertiary/aromatic N) is 3. The predicted molar refractivity (Wildman–Crippen MR) is 128 cm³/mol. The predicted octanol–water partition coefficient (Wildman–Crippen LogP) is 5.16. The average Bonchev–Trinajstić information content (AvgIpc) is 2.82. The van der Waals surface area contributed by atoms with Crippen LogP contribution in [0.1, 0.15) is 50.9 Å². The van der Waals surface area contributed by atoms with E-state index in [0.717, 1.165) is 29.1 Å². The highest BCUT2D eigenvalue weighted by atomic mass is 19.4. The Labute approximate surface area is 203 Å². The summed E-state index contributed by atoms with van der Waals surface area (Å²) >= 11 is 0. The van der Waals surface area contributed by atoms with Crippen LogP contribution in [0.4, 0.5) is 13.2 Å². The molecule has 188 valence electrons. The van der Waals surface area contributed by atoms with Gasteiger partial charge in [0.25, 0.3) is 5.91 Å². The van der Waals surface area contributed by atoms with Gasteiger partial charge in [-0.15, -0.1) is 0 Å². The Morgan fingerprint density at radius 3 is 2.51 bits per heavy atom. The summed E-state index contributed by atoms with van der Waals surface area (Å²) in [5.41, 5.74) is 3.07. The van der Waals surface area contributed by atoms with E-state index in [1.807, 2.05) is 45.9 Å². The summed E-state index contributed by atoms with van der Waals surface area (Å²) in [7, 11) is 0. The maximum Gasteiger partial charge on any atom is 0.417 e. The molecule has 9 heteroatoms. The first-order valence-electron chi connectivity index (χ1n) is 11.6. The van der Waals surface area contributed by atoms with Gasteiger partial charge >= 0.3 is 6.18 Å². The van der Waals surface area contributed by atoms with E-state index in [2.05, 4.69) is 15.3 Å². The number of pyridine rings is 2. The number of hydrogen-bond acceptors (Lipinski definition) is 5. The third-order valence-corrected chi connectivity index (χ3v) is 6.01. The van der Waals surface area contributed by atoms with E-state index >= 15 is 0 Å². The van der Waals surface area contributed by atoms with Crippen LogP contribution >= 0.6 is 0 Å². The van der Waals surface area contributed by atoms with E-state index in [1.165, 1.54) is 6.07 Å². The van der Waals surface area contributed by atoms with Gasteiger partial charge in [-0.3, -0.25) is 9.78 Å². The number of carbonyl (C=O) groups excluding carboxylic acids is 1. The molecule has 1 N–H and O–H groups in total. The summed E-state index contributed by atoms with van der Waals surface area (Å²) in [6, 6.07) is 5.61. The van der Waals surface area contributed by atoms with Crippen molar-refractivity contribution in [2.75, 3.05) is 13.1 Å². The Balaban J connectivity index is 1.89. The monoisotopic (exact) mass is 488 g/mol. The zero-order chi connectivity index (χ0) is 25.8. The average molecular weight is 489 g/mol. The minimum atomic E-state index is -4.47. The number of dihydropyridines is 1. The van der Waals surface area contributed by atoms with Crippen LogP contribution in [0.3, 0.4) is 0 Å². The van der Waals surface area contributed by atoms with E-state index in [-0.39, 0.29) is 17.8 Å². The molecule has 0 saturated carbocycles. The number of amides is 1. The van der Waals surface area contributed by atoms with Crippen LogP contribution in [-0.2, 0) is 11.0 Å². The Hall–Kier alpha value is -3.36. The normalized spacial score (nSPS) is 15.7. The molecule has 1 aliphatic heterocycles. The summed E-state index contributed by atoms with van der Waals surface area (Å²) in [4.78, 5) is 23.9. The molecule has 0 spiro atoms. The van der Waals surface area contributed by atoms with Gasteiger partial charge in [0.1, 0.15) is 6.10 Å². The van der Waals surface area contributed by atoms with E-state index in [9.17, 15) is 18.0 Å². The maximum absolute atomic E-state index is 13.8. The number of nitrogens with one attached hydrogen (secondary N) is 1. The molecule has 0 aromatic carbocycles. The first-order valence-corrected chi connectivity index (χ1v) is 11.6. The molecule has 0 fully saturated rings. The van der Waals surface area contributed by atoms with Gasteiger partial charge < -0.3 is 15.0 Å². The molecule has 0 aliphatic carbocycles. The number of likely N-dealkylation sites (N-methyl/N-ethyl adjacent to an activating group) is 1. The molecule has 35 heavy (non-hydrogen) atoms.